The maximum atomic E-state index is 12.4. The lowest BCUT2D eigenvalue weighted by molar-refractivity contribution is -0.144. The Kier molecular flexibility index (Phi) is 7.33. The van der Waals surface area contributed by atoms with E-state index in [1.54, 1.807) is 0 Å². The molecule has 1 fully saturated rings. The highest BCUT2D eigenvalue weighted by atomic mass is 16.5. The number of amides is 2. The van der Waals surface area contributed by atoms with Gasteiger partial charge in [-0.15, -0.1) is 0 Å². The summed E-state index contributed by atoms with van der Waals surface area (Å²) < 4.78 is 10.0. The lowest BCUT2D eigenvalue weighted by atomic mass is 9.98. The second kappa shape index (κ2) is 10.6. The molecule has 2 unspecified atom stereocenters. The Morgan fingerprint density at radius 2 is 1.66 bits per heavy atom. The maximum Gasteiger partial charge on any atom is 0.407 e. The smallest absolute Gasteiger partial charge is 0.407 e. The van der Waals surface area contributed by atoms with Crippen LogP contribution in [0.1, 0.15) is 36.3 Å². The highest BCUT2D eigenvalue weighted by Gasteiger charge is 2.44. The Morgan fingerprint density at radius 1 is 1.03 bits per heavy atom. The number of carboxylic acid groups (broad SMARTS) is 1. The monoisotopic (exact) mass is 480 g/mol. The zero-order valence-corrected chi connectivity index (χ0v) is 19.4. The van der Waals surface area contributed by atoms with Gasteiger partial charge in [-0.05, 0) is 41.0 Å². The predicted octanol–water partition coefficient (Wildman–Crippen LogP) is 2.68. The Hall–Kier alpha value is -3.88. The Balaban J connectivity index is 1.22. The van der Waals surface area contributed by atoms with E-state index in [0.29, 0.717) is 6.42 Å². The minimum Gasteiger partial charge on any atom is -0.480 e. The summed E-state index contributed by atoms with van der Waals surface area (Å²) in [5, 5.41) is 14.5. The third-order valence-corrected chi connectivity index (χ3v) is 6.59. The molecule has 4 rings (SSSR count). The standard InChI is InChI=1S/C26H28N2O7/c1-34-23(29)11-10-22(25(31)32)28-24(30)20-12-15(20)13-27-26(33)35-14-21-18-8-4-2-6-16(18)17-7-3-5-9-19(17)21/h2-9,15,20-22H,10-14H2,1H3,(H,27,33)(H,28,30)(H,31,32)/t15?,20?,22-/m0/s1. The van der Waals surface area contributed by atoms with Crippen molar-refractivity contribution in [3.05, 3.63) is 59.7 Å². The Labute approximate surface area is 202 Å². The molecule has 0 bridgehead atoms. The zero-order valence-electron chi connectivity index (χ0n) is 19.4. The number of carbonyl (C=O) groups is 4. The number of nitrogens with one attached hydrogen (secondary N) is 2. The molecule has 184 valence electrons. The molecular formula is C26H28N2O7. The second-order valence-electron chi connectivity index (χ2n) is 8.82. The van der Waals surface area contributed by atoms with Gasteiger partial charge in [-0.2, -0.15) is 0 Å². The molecule has 0 heterocycles. The summed E-state index contributed by atoms with van der Waals surface area (Å²) in [6.07, 6.45) is -0.174. The molecule has 9 nitrogen and oxygen atoms in total. The number of hydrogen-bond acceptors (Lipinski definition) is 6. The Bertz CT molecular complexity index is 1090. The summed E-state index contributed by atoms with van der Waals surface area (Å²) in [5.74, 6) is -2.67. The largest absolute Gasteiger partial charge is 0.480 e. The quantitative estimate of drug-likeness (QED) is 0.446. The molecular weight excluding hydrogens is 452 g/mol. The first-order chi connectivity index (χ1) is 16.9. The van der Waals surface area contributed by atoms with Gasteiger partial charge in [-0.25, -0.2) is 9.59 Å². The SMILES string of the molecule is COC(=O)CC[C@H](NC(=O)C1CC1CNC(=O)OCC1c2ccccc2-c2ccccc21)C(=O)O. The normalized spacial score (nSPS) is 18.5. The number of carbonyl (C=O) groups excluding carboxylic acids is 3. The van der Waals surface area contributed by atoms with Crippen molar-refractivity contribution < 1.29 is 33.8 Å². The first kappa shape index (κ1) is 24.3. The first-order valence-electron chi connectivity index (χ1n) is 11.6. The van der Waals surface area contributed by atoms with Crippen LogP contribution in [0.2, 0.25) is 0 Å². The number of fused-ring (bicyclic) bond motifs is 3. The van der Waals surface area contributed by atoms with E-state index in [2.05, 4.69) is 27.5 Å². The van der Waals surface area contributed by atoms with Crippen molar-refractivity contribution in [2.75, 3.05) is 20.3 Å². The van der Waals surface area contributed by atoms with Gasteiger partial charge in [0.15, 0.2) is 0 Å². The number of alkyl carbamates (subject to hydrolysis) is 1. The third kappa shape index (κ3) is 5.62. The van der Waals surface area contributed by atoms with E-state index < -0.39 is 30.0 Å². The minimum atomic E-state index is -1.21. The molecule has 0 spiro atoms. The van der Waals surface area contributed by atoms with Crippen LogP contribution in [-0.4, -0.2) is 55.3 Å². The van der Waals surface area contributed by atoms with Gasteiger partial charge in [0.1, 0.15) is 12.6 Å². The van der Waals surface area contributed by atoms with Crippen molar-refractivity contribution in [2.45, 2.75) is 31.2 Å². The van der Waals surface area contributed by atoms with E-state index in [1.807, 2.05) is 36.4 Å². The number of rotatable bonds is 10. The second-order valence-corrected chi connectivity index (χ2v) is 8.82. The van der Waals surface area contributed by atoms with Crippen molar-refractivity contribution in [3.63, 3.8) is 0 Å². The molecule has 9 heteroatoms. The topological polar surface area (TPSA) is 131 Å². The fraction of sp³-hybridized carbons (Fsp3) is 0.385. The fourth-order valence-corrected chi connectivity index (χ4v) is 4.56. The summed E-state index contributed by atoms with van der Waals surface area (Å²) in [6, 6.07) is 15.0. The average Bonchev–Trinajstić information content (AvgIpc) is 3.58. The molecule has 2 aliphatic carbocycles. The van der Waals surface area contributed by atoms with Gasteiger partial charge in [0.2, 0.25) is 5.91 Å². The molecule has 35 heavy (non-hydrogen) atoms. The Morgan fingerprint density at radius 3 is 2.26 bits per heavy atom. The van der Waals surface area contributed by atoms with Crippen LogP contribution in [0.5, 0.6) is 0 Å². The summed E-state index contributed by atoms with van der Waals surface area (Å²) in [6.45, 7) is 0.462. The molecule has 3 atom stereocenters. The summed E-state index contributed by atoms with van der Waals surface area (Å²) in [7, 11) is 1.22. The molecule has 0 saturated heterocycles. The predicted molar refractivity (Wildman–Crippen MR) is 125 cm³/mol. The van der Waals surface area contributed by atoms with Gasteiger partial charge in [-0.3, -0.25) is 9.59 Å². The van der Waals surface area contributed by atoms with Crippen LogP contribution < -0.4 is 10.6 Å². The summed E-state index contributed by atoms with van der Waals surface area (Å²) in [4.78, 5) is 47.3. The van der Waals surface area contributed by atoms with Gasteiger partial charge < -0.3 is 25.2 Å². The van der Waals surface area contributed by atoms with Crippen LogP contribution >= 0.6 is 0 Å². The molecule has 0 aliphatic heterocycles. The zero-order chi connectivity index (χ0) is 24.9. The van der Waals surface area contributed by atoms with Crippen LogP contribution in [0.4, 0.5) is 4.79 Å². The lowest BCUT2D eigenvalue weighted by Crippen LogP contribution is -2.42. The molecule has 3 N–H and O–H groups in total. The number of benzene rings is 2. The summed E-state index contributed by atoms with van der Waals surface area (Å²) >= 11 is 0. The van der Waals surface area contributed by atoms with Gasteiger partial charge in [0.25, 0.3) is 0 Å². The highest BCUT2D eigenvalue weighted by Crippen LogP contribution is 2.44. The molecule has 0 radical (unpaired) electrons. The van der Waals surface area contributed by atoms with E-state index in [9.17, 15) is 24.3 Å². The number of carboxylic acids is 1. The van der Waals surface area contributed by atoms with Crippen molar-refractivity contribution in [3.8, 4) is 11.1 Å². The van der Waals surface area contributed by atoms with E-state index in [1.165, 1.54) is 7.11 Å². The highest BCUT2D eigenvalue weighted by molar-refractivity contribution is 5.87. The van der Waals surface area contributed by atoms with Gasteiger partial charge in [-0.1, -0.05) is 48.5 Å². The van der Waals surface area contributed by atoms with Crippen molar-refractivity contribution in [2.24, 2.45) is 11.8 Å². The van der Waals surface area contributed by atoms with E-state index >= 15 is 0 Å². The average molecular weight is 481 g/mol. The van der Waals surface area contributed by atoms with Crippen LogP contribution in [-0.2, 0) is 23.9 Å². The molecule has 1 saturated carbocycles. The molecule has 2 amide bonds. The van der Waals surface area contributed by atoms with Gasteiger partial charge in [0, 0.05) is 24.8 Å². The lowest BCUT2D eigenvalue weighted by Gasteiger charge is -2.15. The minimum absolute atomic E-state index is 0.0365. The number of methoxy groups -OCH3 is 1. The molecule has 2 aliphatic rings. The molecule has 2 aromatic rings. The maximum absolute atomic E-state index is 12.4. The number of ether oxygens (including phenoxy) is 2. The molecule has 0 aromatic heterocycles. The number of hydrogen-bond donors (Lipinski definition) is 3. The van der Waals surface area contributed by atoms with Crippen LogP contribution in [0.25, 0.3) is 11.1 Å². The molecule has 2 aromatic carbocycles. The van der Waals surface area contributed by atoms with Crippen LogP contribution in [0.3, 0.4) is 0 Å². The first-order valence-corrected chi connectivity index (χ1v) is 11.6. The van der Waals surface area contributed by atoms with Crippen LogP contribution in [0.15, 0.2) is 48.5 Å². The number of esters is 1. The van der Waals surface area contributed by atoms with E-state index in [0.717, 1.165) is 22.3 Å². The summed E-state index contributed by atoms with van der Waals surface area (Å²) in [5.41, 5.74) is 4.55. The van der Waals surface area contributed by atoms with Crippen molar-refractivity contribution >= 4 is 23.9 Å². The van der Waals surface area contributed by atoms with Crippen LogP contribution in [0, 0.1) is 11.8 Å². The van der Waals surface area contributed by atoms with Crippen molar-refractivity contribution in [1.82, 2.24) is 10.6 Å². The van der Waals surface area contributed by atoms with Crippen molar-refractivity contribution in [1.29, 1.82) is 0 Å². The van der Waals surface area contributed by atoms with Gasteiger partial charge in [0.05, 0.1) is 7.11 Å². The number of aliphatic carboxylic acids is 1. The van der Waals surface area contributed by atoms with E-state index in [4.69, 9.17) is 4.74 Å². The van der Waals surface area contributed by atoms with E-state index in [-0.39, 0.29) is 43.7 Å². The fourth-order valence-electron chi connectivity index (χ4n) is 4.56. The van der Waals surface area contributed by atoms with Gasteiger partial charge >= 0.3 is 18.0 Å². The third-order valence-electron chi connectivity index (χ3n) is 6.59.